The molecule has 1 rings (SSSR count). The Balaban J connectivity index is 2.96. The molecule has 2 N–H and O–H groups in total. The summed E-state index contributed by atoms with van der Waals surface area (Å²) in [4.78, 5) is 12.3. The second-order valence-corrected chi connectivity index (χ2v) is 3.58. The average molecular weight is 256 g/mol. The smallest absolute Gasteiger partial charge is 0.431 e. The van der Waals surface area contributed by atoms with Crippen molar-refractivity contribution in [1.82, 2.24) is 4.90 Å². The van der Waals surface area contributed by atoms with Crippen LogP contribution in [0.2, 0.25) is 0 Å². The average Bonchev–Trinajstić information content (AvgIpc) is 2.28. The number of morpholine rings is 1. The van der Waals surface area contributed by atoms with Crippen molar-refractivity contribution in [3.05, 3.63) is 0 Å². The van der Waals surface area contributed by atoms with Crippen LogP contribution in [0.25, 0.3) is 0 Å². The van der Waals surface area contributed by atoms with Gasteiger partial charge in [0.05, 0.1) is 19.8 Å². The highest BCUT2D eigenvalue weighted by molar-refractivity contribution is 5.81. The molecule has 0 saturated carbocycles. The number of hydrogen-bond donors (Lipinski definition) is 1. The molecule has 0 amide bonds. The van der Waals surface area contributed by atoms with E-state index in [1.54, 1.807) is 0 Å². The van der Waals surface area contributed by atoms with E-state index in [9.17, 15) is 18.0 Å². The predicted octanol–water partition coefficient (Wildman–Crippen LogP) is 0.0990. The van der Waals surface area contributed by atoms with Gasteiger partial charge < -0.3 is 9.47 Å². The number of hydrogen-bond acceptors (Lipinski definition) is 5. The Morgan fingerprint density at radius 1 is 1.41 bits per heavy atom. The van der Waals surface area contributed by atoms with Crippen LogP contribution in [0.1, 0.15) is 6.92 Å². The van der Waals surface area contributed by atoms with Crippen molar-refractivity contribution in [2.24, 2.45) is 5.73 Å². The molecule has 1 aliphatic rings. The molecule has 1 saturated heterocycles. The second kappa shape index (κ2) is 5.19. The molecule has 17 heavy (non-hydrogen) atoms. The Morgan fingerprint density at radius 2 is 1.94 bits per heavy atom. The van der Waals surface area contributed by atoms with Crippen molar-refractivity contribution in [3.8, 4) is 0 Å². The Hall–Kier alpha value is -0.860. The number of alkyl halides is 3. The van der Waals surface area contributed by atoms with Crippen LogP contribution in [-0.2, 0) is 14.3 Å². The van der Waals surface area contributed by atoms with Crippen LogP contribution >= 0.6 is 0 Å². The summed E-state index contributed by atoms with van der Waals surface area (Å²) in [7, 11) is 0. The number of carbonyl (C=O) groups excluding carboxylic acids is 1. The monoisotopic (exact) mass is 256 g/mol. The third-order valence-electron chi connectivity index (χ3n) is 2.53. The van der Waals surface area contributed by atoms with E-state index in [1.165, 1.54) is 6.92 Å². The standard InChI is InChI=1S/C9H15F3N2O3/c1-2-17-7(15)8(13,9(10,11)12)14-3-5-16-6-4-14/h2-6,13H2,1H3. The van der Waals surface area contributed by atoms with Crippen LogP contribution in [0.3, 0.4) is 0 Å². The molecule has 1 atom stereocenters. The van der Waals surface area contributed by atoms with Gasteiger partial charge in [0, 0.05) is 13.1 Å². The summed E-state index contributed by atoms with van der Waals surface area (Å²) in [5, 5.41) is 0. The second-order valence-electron chi connectivity index (χ2n) is 3.58. The number of esters is 1. The van der Waals surface area contributed by atoms with Crippen LogP contribution in [0.5, 0.6) is 0 Å². The molecule has 0 spiro atoms. The SMILES string of the molecule is CCOC(=O)C(N)(N1CCOCC1)C(F)(F)F. The normalized spacial score (nSPS) is 21.9. The quantitative estimate of drug-likeness (QED) is 0.725. The summed E-state index contributed by atoms with van der Waals surface area (Å²) in [6.45, 7) is 1.36. The molecular formula is C9H15F3N2O3. The summed E-state index contributed by atoms with van der Waals surface area (Å²) in [6, 6.07) is 0. The highest BCUT2D eigenvalue weighted by Crippen LogP contribution is 2.33. The van der Waals surface area contributed by atoms with Gasteiger partial charge in [-0.25, -0.2) is 4.79 Å². The van der Waals surface area contributed by atoms with Gasteiger partial charge in [0.1, 0.15) is 0 Å². The van der Waals surface area contributed by atoms with Crippen LogP contribution in [-0.4, -0.2) is 55.6 Å². The van der Waals surface area contributed by atoms with Gasteiger partial charge in [-0.05, 0) is 6.92 Å². The lowest BCUT2D eigenvalue weighted by atomic mass is 10.1. The van der Waals surface area contributed by atoms with E-state index in [0.717, 1.165) is 4.90 Å². The van der Waals surface area contributed by atoms with Crippen LogP contribution in [0, 0.1) is 0 Å². The molecule has 5 nitrogen and oxygen atoms in total. The van der Waals surface area contributed by atoms with Crippen molar-refractivity contribution in [3.63, 3.8) is 0 Å². The molecule has 1 unspecified atom stereocenters. The highest BCUT2D eigenvalue weighted by atomic mass is 19.4. The first kappa shape index (κ1) is 14.2. The Bertz CT molecular complexity index is 279. The van der Waals surface area contributed by atoms with Crippen molar-refractivity contribution < 1.29 is 27.4 Å². The molecule has 1 aliphatic heterocycles. The van der Waals surface area contributed by atoms with Crippen molar-refractivity contribution in [1.29, 1.82) is 0 Å². The maximum atomic E-state index is 13.0. The van der Waals surface area contributed by atoms with E-state index < -0.39 is 17.8 Å². The Kier molecular flexibility index (Phi) is 4.34. The van der Waals surface area contributed by atoms with Gasteiger partial charge in [0.15, 0.2) is 0 Å². The molecule has 1 heterocycles. The number of nitrogens with two attached hydrogens (primary N) is 1. The zero-order chi connectivity index (χ0) is 13.1. The molecular weight excluding hydrogens is 241 g/mol. The topological polar surface area (TPSA) is 64.8 Å². The molecule has 0 aromatic rings. The number of ether oxygens (including phenoxy) is 2. The maximum Gasteiger partial charge on any atom is 0.431 e. The molecule has 0 aromatic carbocycles. The van der Waals surface area contributed by atoms with Gasteiger partial charge in [0.25, 0.3) is 5.66 Å². The molecule has 1 fully saturated rings. The largest absolute Gasteiger partial charge is 0.463 e. The minimum atomic E-state index is -4.89. The predicted molar refractivity (Wildman–Crippen MR) is 52.0 cm³/mol. The molecule has 8 heteroatoms. The molecule has 0 aliphatic carbocycles. The van der Waals surface area contributed by atoms with Gasteiger partial charge in [0.2, 0.25) is 0 Å². The molecule has 0 aromatic heterocycles. The summed E-state index contributed by atoms with van der Waals surface area (Å²) in [5.74, 6) is -1.48. The van der Waals surface area contributed by atoms with Crippen LogP contribution < -0.4 is 5.73 Å². The minimum absolute atomic E-state index is 0.0607. The van der Waals surface area contributed by atoms with Gasteiger partial charge in [-0.2, -0.15) is 13.2 Å². The zero-order valence-electron chi connectivity index (χ0n) is 9.42. The fourth-order valence-electron chi connectivity index (χ4n) is 1.58. The lowest BCUT2D eigenvalue weighted by Crippen LogP contribution is -2.72. The number of carbonyl (C=O) groups is 1. The first-order valence-electron chi connectivity index (χ1n) is 5.19. The van der Waals surface area contributed by atoms with Crippen LogP contribution in [0.15, 0.2) is 0 Å². The van der Waals surface area contributed by atoms with E-state index in [4.69, 9.17) is 10.5 Å². The number of rotatable bonds is 3. The third-order valence-corrected chi connectivity index (χ3v) is 2.53. The number of nitrogens with zero attached hydrogens (tertiary/aromatic N) is 1. The highest BCUT2D eigenvalue weighted by Gasteiger charge is 2.62. The first-order valence-corrected chi connectivity index (χ1v) is 5.19. The summed E-state index contributed by atoms with van der Waals surface area (Å²) >= 11 is 0. The lowest BCUT2D eigenvalue weighted by Gasteiger charge is -2.41. The minimum Gasteiger partial charge on any atom is -0.463 e. The summed E-state index contributed by atoms with van der Waals surface area (Å²) in [5.41, 5.74) is 2.16. The van der Waals surface area contributed by atoms with Gasteiger partial charge in [-0.1, -0.05) is 0 Å². The molecule has 0 radical (unpaired) electrons. The molecule has 100 valence electrons. The number of halogens is 3. The van der Waals surface area contributed by atoms with E-state index in [0.29, 0.717) is 0 Å². The van der Waals surface area contributed by atoms with Crippen LogP contribution in [0.4, 0.5) is 13.2 Å². The zero-order valence-corrected chi connectivity index (χ0v) is 9.42. The lowest BCUT2D eigenvalue weighted by molar-refractivity contribution is -0.245. The Labute approximate surface area is 96.6 Å². The maximum absolute atomic E-state index is 13.0. The summed E-state index contributed by atoms with van der Waals surface area (Å²) in [6.07, 6.45) is -4.89. The van der Waals surface area contributed by atoms with Crippen molar-refractivity contribution in [2.45, 2.75) is 18.8 Å². The summed E-state index contributed by atoms with van der Waals surface area (Å²) < 4.78 is 48.2. The van der Waals surface area contributed by atoms with E-state index in [-0.39, 0.29) is 32.9 Å². The van der Waals surface area contributed by atoms with E-state index >= 15 is 0 Å². The fourth-order valence-corrected chi connectivity index (χ4v) is 1.58. The third kappa shape index (κ3) is 2.70. The first-order chi connectivity index (χ1) is 7.84. The Morgan fingerprint density at radius 3 is 2.35 bits per heavy atom. The van der Waals surface area contributed by atoms with E-state index in [2.05, 4.69) is 4.74 Å². The van der Waals surface area contributed by atoms with Gasteiger partial charge >= 0.3 is 12.1 Å². The molecule has 0 bridgehead atoms. The van der Waals surface area contributed by atoms with Crippen molar-refractivity contribution in [2.75, 3.05) is 32.9 Å². The van der Waals surface area contributed by atoms with E-state index in [1.807, 2.05) is 0 Å². The van der Waals surface area contributed by atoms with Gasteiger partial charge in [-0.3, -0.25) is 10.6 Å². The van der Waals surface area contributed by atoms with Crippen molar-refractivity contribution >= 4 is 5.97 Å². The fraction of sp³-hybridized carbons (Fsp3) is 0.889. The van der Waals surface area contributed by atoms with Gasteiger partial charge in [-0.15, -0.1) is 0 Å².